The van der Waals surface area contributed by atoms with E-state index in [9.17, 15) is 9.90 Å². The summed E-state index contributed by atoms with van der Waals surface area (Å²) in [5.74, 6) is -0.0371. The van der Waals surface area contributed by atoms with Crippen molar-refractivity contribution in [3.8, 4) is 0 Å². The van der Waals surface area contributed by atoms with Gasteiger partial charge in [0.1, 0.15) is 5.60 Å². The number of hydrogen-bond donors (Lipinski definition) is 1. The van der Waals surface area contributed by atoms with Crippen molar-refractivity contribution in [2.75, 3.05) is 13.2 Å². The maximum atomic E-state index is 12.1. The van der Waals surface area contributed by atoms with E-state index >= 15 is 0 Å². The Labute approximate surface area is 177 Å². The Morgan fingerprint density at radius 1 is 0.900 bits per heavy atom. The number of ether oxygens (including phenoxy) is 1. The Morgan fingerprint density at radius 3 is 1.67 bits per heavy atom. The normalized spacial score (nSPS) is 19.1. The predicted molar refractivity (Wildman–Crippen MR) is 117 cm³/mol. The van der Waals surface area contributed by atoms with Crippen LogP contribution in [0, 0.1) is 0 Å². The number of amides is 1. The zero-order chi connectivity index (χ0) is 21.0. The molecule has 4 rings (SSSR count). The molecule has 3 aromatic rings. The lowest BCUT2D eigenvalue weighted by atomic mass is 9.80. The third-order valence-electron chi connectivity index (χ3n) is 5.88. The molecule has 0 aliphatic carbocycles. The molecule has 0 aromatic heterocycles. The van der Waals surface area contributed by atoms with E-state index in [1.165, 1.54) is 0 Å². The highest BCUT2D eigenvalue weighted by Gasteiger charge is 2.43. The number of likely N-dealkylation sites (tertiary alicyclic amines) is 1. The second-order valence-corrected chi connectivity index (χ2v) is 7.76. The molecule has 1 saturated heterocycles. The van der Waals surface area contributed by atoms with Gasteiger partial charge in [0.25, 0.3) is 0 Å². The van der Waals surface area contributed by atoms with Crippen molar-refractivity contribution in [1.29, 1.82) is 0 Å². The molecule has 2 unspecified atom stereocenters. The minimum Gasteiger partial charge on any atom is -0.394 e. The summed E-state index contributed by atoms with van der Waals surface area (Å²) in [5, 5.41) is 9.80. The lowest BCUT2D eigenvalue weighted by molar-refractivity contribution is -0.131. The van der Waals surface area contributed by atoms with Crippen molar-refractivity contribution in [2.45, 2.75) is 31.1 Å². The van der Waals surface area contributed by atoms with Crippen LogP contribution in [0.5, 0.6) is 0 Å². The number of nitrogens with zero attached hydrogens (tertiary/aromatic N) is 1. The van der Waals surface area contributed by atoms with Crippen LogP contribution >= 0.6 is 0 Å². The summed E-state index contributed by atoms with van der Waals surface area (Å²) in [6, 6.07) is 30.4. The molecule has 0 saturated carbocycles. The van der Waals surface area contributed by atoms with Gasteiger partial charge in [0.15, 0.2) is 0 Å². The van der Waals surface area contributed by atoms with Gasteiger partial charge in [-0.05, 0) is 23.1 Å². The molecule has 1 fully saturated rings. The SMILES string of the molecule is CC(=O)N1CC(OC(c2ccccc2)(c2ccccc2)c2ccccc2)CC1CO. The van der Waals surface area contributed by atoms with Crippen molar-refractivity contribution in [3.05, 3.63) is 108 Å². The van der Waals surface area contributed by atoms with Crippen LogP contribution in [-0.2, 0) is 15.1 Å². The van der Waals surface area contributed by atoms with Gasteiger partial charge in [-0.1, -0.05) is 91.0 Å². The number of carbonyl (C=O) groups excluding carboxylic acids is 1. The molecular formula is C26H27NO3. The molecule has 1 heterocycles. The molecule has 1 aliphatic rings. The fraction of sp³-hybridized carbons (Fsp3) is 0.269. The largest absolute Gasteiger partial charge is 0.394 e. The second kappa shape index (κ2) is 8.82. The Morgan fingerprint density at radius 2 is 1.33 bits per heavy atom. The maximum absolute atomic E-state index is 12.1. The summed E-state index contributed by atoms with van der Waals surface area (Å²) in [5.41, 5.74) is 2.28. The number of hydrogen-bond acceptors (Lipinski definition) is 3. The van der Waals surface area contributed by atoms with Gasteiger partial charge >= 0.3 is 0 Å². The smallest absolute Gasteiger partial charge is 0.219 e. The van der Waals surface area contributed by atoms with E-state index in [1.54, 1.807) is 11.8 Å². The molecule has 4 heteroatoms. The maximum Gasteiger partial charge on any atom is 0.219 e. The summed E-state index contributed by atoms with van der Waals surface area (Å²) in [6.07, 6.45) is 0.399. The Balaban J connectivity index is 1.85. The van der Waals surface area contributed by atoms with Crippen LogP contribution in [0.3, 0.4) is 0 Å². The summed E-state index contributed by atoms with van der Waals surface area (Å²) in [7, 11) is 0. The molecule has 0 bridgehead atoms. The fourth-order valence-corrected chi connectivity index (χ4v) is 4.49. The molecule has 4 nitrogen and oxygen atoms in total. The van der Waals surface area contributed by atoms with Gasteiger partial charge < -0.3 is 14.7 Å². The summed E-state index contributed by atoms with van der Waals surface area (Å²) in [6.45, 7) is 1.95. The average Bonchev–Trinajstić information content (AvgIpc) is 3.22. The van der Waals surface area contributed by atoms with Crippen molar-refractivity contribution in [1.82, 2.24) is 4.90 Å². The highest BCUT2D eigenvalue weighted by Crippen LogP contribution is 2.42. The van der Waals surface area contributed by atoms with Crippen molar-refractivity contribution < 1.29 is 14.6 Å². The molecular weight excluding hydrogens is 374 g/mol. The van der Waals surface area contributed by atoms with E-state index in [0.29, 0.717) is 13.0 Å². The quantitative estimate of drug-likeness (QED) is 0.636. The number of aliphatic hydroxyl groups is 1. The Hall–Kier alpha value is -2.95. The van der Waals surface area contributed by atoms with Crippen LogP contribution in [0.1, 0.15) is 30.0 Å². The third-order valence-corrected chi connectivity index (χ3v) is 5.88. The third kappa shape index (κ3) is 3.76. The first-order valence-electron chi connectivity index (χ1n) is 10.4. The van der Waals surface area contributed by atoms with Crippen LogP contribution < -0.4 is 0 Å². The van der Waals surface area contributed by atoms with E-state index in [0.717, 1.165) is 16.7 Å². The van der Waals surface area contributed by atoms with Gasteiger partial charge in [-0.25, -0.2) is 0 Å². The lowest BCUT2D eigenvalue weighted by Gasteiger charge is -2.38. The topological polar surface area (TPSA) is 49.8 Å². The summed E-state index contributed by atoms with van der Waals surface area (Å²) < 4.78 is 6.96. The van der Waals surface area contributed by atoms with Crippen molar-refractivity contribution in [3.63, 3.8) is 0 Å². The van der Waals surface area contributed by atoms with Crippen LogP contribution in [-0.4, -0.2) is 41.2 Å². The van der Waals surface area contributed by atoms with Crippen molar-refractivity contribution >= 4 is 5.91 Å². The Kier molecular flexibility index (Phi) is 5.98. The molecule has 3 aromatic carbocycles. The number of benzene rings is 3. The zero-order valence-electron chi connectivity index (χ0n) is 17.1. The minimum atomic E-state index is -0.818. The van der Waals surface area contributed by atoms with Gasteiger partial charge in [-0.2, -0.15) is 0 Å². The van der Waals surface area contributed by atoms with Crippen LogP contribution in [0.15, 0.2) is 91.0 Å². The number of rotatable bonds is 6. The molecule has 2 atom stereocenters. The minimum absolute atomic E-state index is 0.0371. The highest BCUT2D eigenvalue weighted by atomic mass is 16.5. The first-order chi connectivity index (χ1) is 14.6. The van der Waals surface area contributed by atoms with Crippen LogP contribution in [0.25, 0.3) is 0 Å². The highest BCUT2D eigenvalue weighted by molar-refractivity contribution is 5.74. The number of aliphatic hydroxyl groups excluding tert-OH is 1. The zero-order valence-corrected chi connectivity index (χ0v) is 17.1. The molecule has 1 N–H and O–H groups in total. The van der Waals surface area contributed by atoms with Crippen LogP contribution in [0.2, 0.25) is 0 Å². The Bertz CT molecular complexity index is 863. The van der Waals surface area contributed by atoms with Gasteiger partial charge in [0.2, 0.25) is 5.91 Å². The standard InChI is InChI=1S/C26H27NO3/c1-20(29)27-18-25(17-24(27)19-28)30-26(21-11-5-2-6-12-21,22-13-7-3-8-14-22)23-15-9-4-10-16-23/h2-16,24-25,28H,17-19H2,1H3. The first kappa shape index (κ1) is 20.3. The van der Waals surface area contributed by atoms with Gasteiger partial charge in [-0.3, -0.25) is 4.79 Å². The van der Waals surface area contributed by atoms with E-state index in [2.05, 4.69) is 36.4 Å². The van der Waals surface area contributed by atoms with Gasteiger partial charge in [0.05, 0.1) is 18.8 Å². The molecule has 154 valence electrons. The molecule has 0 radical (unpaired) electrons. The lowest BCUT2D eigenvalue weighted by Crippen LogP contribution is -2.39. The van der Waals surface area contributed by atoms with E-state index < -0.39 is 5.60 Å². The van der Waals surface area contributed by atoms with Gasteiger partial charge in [0, 0.05) is 13.5 Å². The molecule has 0 spiro atoms. The molecule has 30 heavy (non-hydrogen) atoms. The van der Waals surface area contributed by atoms with E-state index in [-0.39, 0.29) is 24.7 Å². The molecule has 1 amide bonds. The average molecular weight is 402 g/mol. The second-order valence-electron chi connectivity index (χ2n) is 7.76. The van der Waals surface area contributed by atoms with Gasteiger partial charge in [-0.15, -0.1) is 0 Å². The predicted octanol–water partition coefficient (Wildman–Crippen LogP) is 3.98. The van der Waals surface area contributed by atoms with Crippen molar-refractivity contribution in [2.24, 2.45) is 0 Å². The van der Waals surface area contributed by atoms with E-state index in [1.807, 2.05) is 54.6 Å². The summed E-state index contributed by atoms with van der Waals surface area (Å²) >= 11 is 0. The van der Waals surface area contributed by atoms with E-state index in [4.69, 9.17) is 4.74 Å². The monoisotopic (exact) mass is 401 g/mol. The first-order valence-corrected chi connectivity index (χ1v) is 10.4. The summed E-state index contributed by atoms with van der Waals surface area (Å²) in [4.78, 5) is 13.8. The number of carbonyl (C=O) groups is 1. The van der Waals surface area contributed by atoms with Crippen LogP contribution in [0.4, 0.5) is 0 Å². The fourth-order valence-electron chi connectivity index (χ4n) is 4.49. The molecule has 1 aliphatic heterocycles.